The number of sulfonamides is 1. The summed E-state index contributed by atoms with van der Waals surface area (Å²) in [4.78, 5) is 2.66. The zero-order chi connectivity index (χ0) is 19.7. The van der Waals surface area contributed by atoms with Gasteiger partial charge >= 0.3 is 0 Å². The van der Waals surface area contributed by atoms with Gasteiger partial charge < -0.3 is 0 Å². The van der Waals surface area contributed by atoms with Gasteiger partial charge in [0.15, 0.2) is 0 Å². The highest BCUT2D eigenvalue weighted by Gasteiger charge is 2.31. The van der Waals surface area contributed by atoms with Crippen LogP contribution in [0, 0.1) is 6.92 Å². The Hall–Kier alpha value is -2.22. The predicted octanol–water partition coefficient (Wildman–Crippen LogP) is 2.87. The summed E-state index contributed by atoms with van der Waals surface area (Å²) in [5.74, 6) is 0. The van der Waals surface area contributed by atoms with Crippen LogP contribution in [0.5, 0.6) is 0 Å². The molecular weight excluding hydrogens is 372 g/mol. The molecule has 0 bridgehead atoms. The lowest BCUT2D eigenvalue weighted by Crippen LogP contribution is -2.48. The smallest absolute Gasteiger partial charge is 0.246 e. The first-order valence-electron chi connectivity index (χ1n) is 9.72. The molecule has 7 heteroatoms. The molecule has 0 N–H and O–H groups in total. The van der Waals surface area contributed by atoms with Crippen molar-refractivity contribution in [2.75, 3.05) is 26.2 Å². The molecule has 0 unspecified atom stereocenters. The third-order valence-corrected chi connectivity index (χ3v) is 7.45. The van der Waals surface area contributed by atoms with Gasteiger partial charge in [-0.3, -0.25) is 9.58 Å². The predicted molar refractivity (Wildman–Crippen MR) is 111 cm³/mol. The van der Waals surface area contributed by atoms with Gasteiger partial charge in [-0.2, -0.15) is 9.40 Å². The zero-order valence-electron chi connectivity index (χ0n) is 16.4. The number of benzene rings is 2. The minimum Gasteiger partial charge on any atom is -0.296 e. The van der Waals surface area contributed by atoms with E-state index in [9.17, 15) is 8.42 Å². The Morgan fingerprint density at radius 1 is 1.00 bits per heavy atom. The van der Waals surface area contributed by atoms with E-state index in [2.05, 4.69) is 52.5 Å². The lowest BCUT2D eigenvalue weighted by Gasteiger charge is -2.34. The standard InChI is InChI=1S/C21H26N4O2S/c1-3-24-16-21(17(2)22-24)28(26,27)25-13-11-23(12-14-25)15-19-9-6-8-18-7-4-5-10-20(18)19/h4-10,16H,3,11-15H2,1-2H3. The summed E-state index contributed by atoms with van der Waals surface area (Å²) >= 11 is 0. The lowest BCUT2D eigenvalue weighted by atomic mass is 10.0. The van der Waals surface area contributed by atoms with Crippen molar-refractivity contribution in [2.24, 2.45) is 0 Å². The highest BCUT2D eigenvalue weighted by Crippen LogP contribution is 2.23. The number of hydrogen-bond acceptors (Lipinski definition) is 4. The van der Waals surface area contributed by atoms with Gasteiger partial charge in [-0.15, -0.1) is 0 Å². The summed E-state index contributed by atoms with van der Waals surface area (Å²) in [6.45, 7) is 7.67. The van der Waals surface area contributed by atoms with E-state index in [0.717, 1.165) is 19.6 Å². The van der Waals surface area contributed by atoms with Crippen LogP contribution in [-0.4, -0.2) is 53.6 Å². The topological polar surface area (TPSA) is 58.4 Å². The zero-order valence-corrected chi connectivity index (χ0v) is 17.2. The maximum absolute atomic E-state index is 13.0. The first-order valence-corrected chi connectivity index (χ1v) is 11.2. The molecule has 0 radical (unpaired) electrons. The van der Waals surface area contributed by atoms with E-state index in [-0.39, 0.29) is 0 Å². The highest BCUT2D eigenvalue weighted by atomic mass is 32.2. The van der Waals surface area contributed by atoms with Gasteiger partial charge in [-0.25, -0.2) is 8.42 Å². The van der Waals surface area contributed by atoms with Crippen molar-refractivity contribution in [1.29, 1.82) is 0 Å². The molecule has 0 spiro atoms. The van der Waals surface area contributed by atoms with Crippen LogP contribution in [0.25, 0.3) is 10.8 Å². The van der Waals surface area contributed by atoms with Crippen molar-refractivity contribution < 1.29 is 8.42 Å². The van der Waals surface area contributed by atoms with Crippen LogP contribution < -0.4 is 0 Å². The molecule has 0 saturated carbocycles. The lowest BCUT2D eigenvalue weighted by molar-refractivity contribution is 0.182. The maximum Gasteiger partial charge on any atom is 0.246 e. The Kier molecular flexibility index (Phi) is 5.23. The summed E-state index contributed by atoms with van der Waals surface area (Å²) in [7, 11) is -3.49. The van der Waals surface area contributed by atoms with Crippen molar-refractivity contribution >= 4 is 20.8 Å². The van der Waals surface area contributed by atoms with Crippen LogP contribution in [0.1, 0.15) is 18.2 Å². The molecule has 0 amide bonds. The average Bonchev–Trinajstić information content (AvgIpc) is 3.10. The molecule has 6 nitrogen and oxygen atoms in total. The van der Waals surface area contributed by atoms with Gasteiger partial charge in [-0.1, -0.05) is 42.5 Å². The van der Waals surface area contributed by atoms with Crippen LogP contribution in [-0.2, 0) is 23.1 Å². The minimum atomic E-state index is -3.49. The van der Waals surface area contributed by atoms with Crippen LogP contribution in [0.3, 0.4) is 0 Å². The molecule has 1 aliphatic heterocycles. The molecule has 1 aromatic heterocycles. The average molecular weight is 399 g/mol. The number of hydrogen-bond donors (Lipinski definition) is 0. The van der Waals surface area contributed by atoms with E-state index in [0.29, 0.717) is 30.2 Å². The molecule has 2 aromatic carbocycles. The Balaban J connectivity index is 1.46. The third-order valence-electron chi connectivity index (χ3n) is 5.45. The van der Waals surface area contributed by atoms with Crippen molar-refractivity contribution in [2.45, 2.75) is 31.8 Å². The molecular formula is C21H26N4O2S. The monoisotopic (exact) mass is 398 g/mol. The number of nitrogens with zero attached hydrogens (tertiary/aromatic N) is 4. The van der Waals surface area contributed by atoms with Gasteiger partial charge in [0.05, 0.1) is 5.69 Å². The van der Waals surface area contributed by atoms with Gasteiger partial charge in [0.25, 0.3) is 0 Å². The van der Waals surface area contributed by atoms with E-state index in [1.165, 1.54) is 16.3 Å². The highest BCUT2D eigenvalue weighted by molar-refractivity contribution is 7.89. The molecule has 28 heavy (non-hydrogen) atoms. The second kappa shape index (κ2) is 7.66. The largest absolute Gasteiger partial charge is 0.296 e. The number of aromatic nitrogens is 2. The quantitative estimate of drug-likeness (QED) is 0.663. The minimum absolute atomic E-state index is 0.330. The van der Waals surface area contributed by atoms with E-state index < -0.39 is 10.0 Å². The van der Waals surface area contributed by atoms with E-state index >= 15 is 0 Å². The second-order valence-corrected chi connectivity index (χ2v) is 9.16. The van der Waals surface area contributed by atoms with Crippen molar-refractivity contribution in [3.8, 4) is 0 Å². The first-order chi connectivity index (χ1) is 13.5. The fourth-order valence-electron chi connectivity index (χ4n) is 3.85. The Labute approximate surface area is 166 Å². The number of fused-ring (bicyclic) bond motifs is 1. The second-order valence-electron chi connectivity index (χ2n) is 7.25. The summed E-state index contributed by atoms with van der Waals surface area (Å²) in [6, 6.07) is 14.8. The Bertz CT molecular complexity index is 1080. The summed E-state index contributed by atoms with van der Waals surface area (Å²) < 4.78 is 29.3. The molecule has 0 aliphatic carbocycles. The summed E-state index contributed by atoms with van der Waals surface area (Å²) in [5.41, 5.74) is 1.86. The normalized spacial score (nSPS) is 16.6. The number of aryl methyl sites for hydroxylation is 2. The number of piperazine rings is 1. The SMILES string of the molecule is CCn1cc(S(=O)(=O)N2CCN(Cc3cccc4ccccc34)CC2)c(C)n1. The molecule has 3 aromatic rings. The van der Waals surface area contributed by atoms with Crippen molar-refractivity contribution in [3.63, 3.8) is 0 Å². The molecule has 1 fully saturated rings. The first kappa shape index (κ1) is 19.1. The van der Waals surface area contributed by atoms with Gasteiger partial charge in [0.2, 0.25) is 10.0 Å². The van der Waals surface area contributed by atoms with Crippen LogP contribution in [0.15, 0.2) is 53.6 Å². The molecule has 4 rings (SSSR count). The summed E-state index contributed by atoms with van der Waals surface area (Å²) in [6.07, 6.45) is 1.65. The van der Waals surface area contributed by atoms with Crippen molar-refractivity contribution in [3.05, 3.63) is 59.9 Å². The third kappa shape index (κ3) is 3.57. The van der Waals surface area contributed by atoms with Crippen LogP contribution >= 0.6 is 0 Å². The fraction of sp³-hybridized carbons (Fsp3) is 0.381. The van der Waals surface area contributed by atoms with E-state index in [1.54, 1.807) is 22.1 Å². The fourth-order valence-corrected chi connectivity index (χ4v) is 5.44. The Morgan fingerprint density at radius 2 is 1.71 bits per heavy atom. The molecule has 148 valence electrons. The molecule has 0 atom stereocenters. The van der Waals surface area contributed by atoms with Crippen molar-refractivity contribution in [1.82, 2.24) is 19.0 Å². The van der Waals surface area contributed by atoms with Gasteiger partial charge in [0.1, 0.15) is 4.90 Å². The van der Waals surface area contributed by atoms with Gasteiger partial charge in [0, 0.05) is 45.5 Å². The number of rotatable bonds is 5. The molecule has 1 saturated heterocycles. The molecule has 2 heterocycles. The van der Waals surface area contributed by atoms with Crippen LogP contribution in [0.4, 0.5) is 0 Å². The Morgan fingerprint density at radius 3 is 2.43 bits per heavy atom. The van der Waals surface area contributed by atoms with E-state index in [1.807, 2.05) is 6.92 Å². The van der Waals surface area contributed by atoms with E-state index in [4.69, 9.17) is 0 Å². The van der Waals surface area contributed by atoms with Gasteiger partial charge in [-0.05, 0) is 30.2 Å². The van der Waals surface area contributed by atoms with Crippen LogP contribution in [0.2, 0.25) is 0 Å². The summed E-state index contributed by atoms with van der Waals surface area (Å²) in [5, 5.41) is 6.80. The molecule has 1 aliphatic rings. The maximum atomic E-state index is 13.0.